The second-order valence-corrected chi connectivity index (χ2v) is 4.75. The molecule has 20 heavy (non-hydrogen) atoms. The summed E-state index contributed by atoms with van der Waals surface area (Å²) >= 11 is 11.8. The van der Waals surface area contributed by atoms with Crippen LogP contribution in [0.15, 0.2) is 18.2 Å². The number of halogens is 5. The number of hydrogen-bond donors (Lipinski definition) is 1. The summed E-state index contributed by atoms with van der Waals surface area (Å²) in [6.07, 6.45) is -4.50. The summed E-state index contributed by atoms with van der Waals surface area (Å²) in [6, 6.07) is 3.73. The Bertz CT molecular complexity index is 607. The molecule has 1 N–H and O–H groups in total. The number of aromatic nitrogens is 3. The van der Waals surface area contributed by atoms with Crippen molar-refractivity contribution >= 4 is 29.0 Å². The maximum atomic E-state index is 12.3. The Morgan fingerprint density at radius 3 is 2.40 bits per heavy atom. The van der Waals surface area contributed by atoms with Gasteiger partial charge in [-0.25, -0.2) is 0 Å². The summed E-state index contributed by atoms with van der Waals surface area (Å²) < 4.78 is 38.6. The Labute approximate surface area is 122 Å². The van der Waals surface area contributed by atoms with Crippen molar-refractivity contribution in [2.24, 2.45) is 7.05 Å². The third kappa shape index (κ3) is 3.16. The minimum Gasteiger partial charge on any atom is -0.363 e. The molecule has 0 bridgehead atoms. The first-order chi connectivity index (χ1) is 9.29. The molecule has 0 unspecified atom stereocenters. The van der Waals surface area contributed by atoms with E-state index in [1.165, 1.54) is 6.07 Å². The van der Waals surface area contributed by atoms with Crippen LogP contribution in [0.2, 0.25) is 10.2 Å². The molecule has 2 rings (SSSR count). The van der Waals surface area contributed by atoms with Crippen molar-refractivity contribution < 1.29 is 13.2 Å². The van der Waals surface area contributed by atoms with E-state index in [2.05, 4.69) is 15.5 Å². The van der Waals surface area contributed by atoms with Crippen LogP contribution in [0, 0.1) is 0 Å². The summed E-state index contributed by atoms with van der Waals surface area (Å²) in [5, 5.41) is 10.2. The largest absolute Gasteiger partial charge is 0.435 e. The van der Waals surface area contributed by atoms with Crippen molar-refractivity contribution in [1.82, 2.24) is 14.8 Å². The second-order valence-electron chi connectivity index (χ2n) is 3.99. The van der Waals surface area contributed by atoms with E-state index in [1.807, 2.05) is 0 Å². The van der Waals surface area contributed by atoms with Gasteiger partial charge in [0.15, 0.2) is 5.69 Å². The van der Waals surface area contributed by atoms with Gasteiger partial charge in [0.25, 0.3) is 0 Å². The zero-order valence-corrected chi connectivity index (χ0v) is 11.7. The van der Waals surface area contributed by atoms with Crippen LogP contribution in [-0.4, -0.2) is 14.8 Å². The molecule has 0 fully saturated rings. The van der Waals surface area contributed by atoms with Gasteiger partial charge in [0.05, 0.1) is 11.6 Å². The molecule has 0 saturated heterocycles. The van der Waals surface area contributed by atoms with E-state index >= 15 is 0 Å². The normalized spacial score (nSPS) is 11.7. The zero-order chi connectivity index (χ0) is 14.9. The Kier molecular flexibility index (Phi) is 4.10. The molecule has 0 saturated carbocycles. The fraction of sp³-hybridized carbons (Fsp3) is 0.273. The van der Waals surface area contributed by atoms with Gasteiger partial charge in [-0.2, -0.15) is 13.2 Å². The van der Waals surface area contributed by atoms with Gasteiger partial charge >= 0.3 is 6.18 Å². The predicted octanol–water partition coefficient (Wildman–Crippen LogP) is 3.75. The lowest BCUT2D eigenvalue weighted by Crippen LogP contribution is -2.11. The SMILES string of the molecule is Cn1c(CNc2ccc(C(F)(F)F)nn2)cc(Cl)c1Cl. The Hall–Kier alpha value is -1.47. The highest BCUT2D eigenvalue weighted by molar-refractivity contribution is 6.41. The van der Waals surface area contributed by atoms with E-state index in [0.717, 1.165) is 11.8 Å². The Balaban J connectivity index is 2.06. The molecule has 0 aliphatic heterocycles. The van der Waals surface area contributed by atoms with Gasteiger partial charge in [0.1, 0.15) is 11.0 Å². The fourth-order valence-electron chi connectivity index (χ4n) is 1.52. The van der Waals surface area contributed by atoms with Gasteiger partial charge in [0, 0.05) is 12.7 Å². The first kappa shape index (κ1) is 14.9. The molecule has 0 aliphatic rings. The molecule has 2 aromatic heterocycles. The van der Waals surface area contributed by atoms with Gasteiger partial charge in [-0.05, 0) is 18.2 Å². The smallest absolute Gasteiger partial charge is 0.363 e. The van der Waals surface area contributed by atoms with E-state index in [-0.39, 0.29) is 5.82 Å². The van der Waals surface area contributed by atoms with E-state index in [4.69, 9.17) is 23.2 Å². The maximum absolute atomic E-state index is 12.3. The maximum Gasteiger partial charge on any atom is 0.435 e. The summed E-state index contributed by atoms with van der Waals surface area (Å²) in [7, 11) is 1.73. The number of rotatable bonds is 3. The van der Waals surface area contributed by atoms with Crippen LogP contribution in [0.4, 0.5) is 19.0 Å². The molecule has 0 aromatic carbocycles. The van der Waals surface area contributed by atoms with Crippen molar-refractivity contribution in [1.29, 1.82) is 0 Å². The van der Waals surface area contributed by atoms with Crippen LogP contribution in [0.3, 0.4) is 0 Å². The lowest BCUT2D eigenvalue weighted by Gasteiger charge is -2.08. The molecule has 0 amide bonds. The van der Waals surface area contributed by atoms with E-state index in [0.29, 0.717) is 16.7 Å². The number of nitrogens with zero attached hydrogens (tertiary/aromatic N) is 3. The lowest BCUT2D eigenvalue weighted by molar-refractivity contribution is -0.141. The fourth-order valence-corrected chi connectivity index (χ4v) is 1.93. The van der Waals surface area contributed by atoms with Crippen LogP contribution >= 0.6 is 23.2 Å². The van der Waals surface area contributed by atoms with Crippen molar-refractivity contribution in [2.45, 2.75) is 12.7 Å². The summed E-state index contributed by atoms with van der Waals surface area (Å²) in [5.74, 6) is 0.228. The molecule has 0 aliphatic carbocycles. The van der Waals surface area contributed by atoms with Crippen molar-refractivity contribution in [3.63, 3.8) is 0 Å². The summed E-state index contributed by atoms with van der Waals surface area (Å²) in [5.41, 5.74) is -0.269. The second kappa shape index (κ2) is 5.49. The lowest BCUT2D eigenvalue weighted by atomic mass is 10.3. The minimum absolute atomic E-state index is 0.228. The van der Waals surface area contributed by atoms with E-state index < -0.39 is 11.9 Å². The summed E-state index contributed by atoms with van der Waals surface area (Å²) in [4.78, 5) is 0. The molecular formula is C11H9Cl2F3N4. The predicted molar refractivity (Wildman–Crippen MR) is 69.8 cm³/mol. The van der Waals surface area contributed by atoms with Crippen LogP contribution in [0.25, 0.3) is 0 Å². The number of hydrogen-bond acceptors (Lipinski definition) is 3. The first-order valence-electron chi connectivity index (χ1n) is 5.43. The van der Waals surface area contributed by atoms with Crippen molar-refractivity contribution in [2.75, 3.05) is 5.32 Å². The highest BCUT2D eigenvalue weighted by Gasteiger charge is 2.32. The summed E-state index contributed by atoms with van der Waals surface area (Å²) in [6.45, 7) is 0.309. The van der Waals surface area contributed by atoms with E-state index in [9.17, 15) is 13.2 Å². The van der Waals surface area contributed by atoms with Crippen molar-refractivity contribution in [3.05, 3.63) is 39.8 Å². The quantitative estimate of drug-likeness (QED) is 0.934. The highest BCUT2D eigenvalue weighted by Crippen LogP contribution is 2.27. The molecule has 4 nitrogen and oxygen atoms in total. The number of anilines is 1. The van der Waals surface area contributed by atoms with Gasteiger partial charge in [-0.15, -0.1) is 10.2 Å². The molecule has 0 spiro atoms. The third-order valence-corrected chi connectivity index (χ3v) is 3.46. The average Bonchev–Trinajstić information content (AvgIpc) is 2.63. The van der Waals surface area contributed by atoms with Gasteiger partial charge < -0.3 is 9.88 Å². The average molecular weight is 325 g/mol. The standard InChI is InChI=1S/C11H9Cl2F3N4/c1-20-6(4-7(12)10(20)13)5-17-9-3-2-8(18-19-9)11(14,15)16/h2-4H,5H2,1H3,(H,17,19). The molecule has 2 aromatic rings. The van der Waals surface area contributed by atoms with Gasteiger partial charge in [0.2, 0.25) is 0 Å². The molecule has 0 atom stereocenters. The molecule has 2 heterocycles. The molecule has 9 heteroatoms. The monoisotopic (exact) mass is 324 g/mol. The van der Waals surface area contributed by atoms with Gasteiger partial charge in [-0.1, -0.05) is 23.2 Å². The minimum atomic E-state index is -4.50. The van der Waals surface area contributed by atoms with Crippen LogP contribution < -0.4 is 5.32 Å². The van der Waals surface area contributed by atoms with Crippen molar-refractivity contribution in [3.8, 4) is 0 Å². The Morgan fingerprint density at radius 1 is 1.25 bits per heavy atom. The third-order valence-electron chi connectivity index (χ3n) is 2.62. The molecular weight excluding hydrogens is 316 g/mol. The van der Waals surface area contributed by atoms with Gasteiger partial charge in [-0.3, -0.25) is 0 Å². The molecule has 0 radical (unpaired) electrons. The number of alkyl halides is 3. The number of nitrogens with one attached hydrogen (secondary N) is 1. The topological polar surface area (TPSA) is 42.7 Å². The zero-order valence-electron chi connectivity index (χ0n) is 10.2. The van der Waals surface area contributed by atoms with Crippen LogP contribution in [-0.2, 0) is 19.8 Å². The first-order valence-corrected chi connectivity index (χ1v) is 6.19. The highest BCUT2D eigenvalue weighted by atomic mass is 35.5. The molecule has 108 valence electrons. The van der Waals surface area contributed by atoms with E-state index in [1.54, 1.807) is 17.7 Å². The van der Waals surface area contributed by atoms with Crippen LogP contribution in [0.5, 0.6) is 0 Å². The Morgan fingerprint density at radius 2 is 1.95 bits per heavy atom. The van der Waals surface area contributed by atoms with Crippen LogP contribution in [0.1, 0.15) is 11.4 Å².